The second kappa shape index (κ2) is 14.9. The number of halogens is 2. The molecule has 0 aromatic heterocycles. The predicted molar refractivity (Wildman–Crippen MR) is 90.9 cm³/mol. The zero-order valence-corrected chi connectivity index (χ0v) is 15.7. The fourth-order valence-corrected chi connectivity index (χ4v) is 3.30. The minimum atomic E-state index is 0. The van der Waals surface area contributed by atoms with Crippen LogP contribution in [-0.4, -0.2) is 28.7 Å². The van der Waals surface area contributed by atoms with E-state index < -0.39 is 0 Å². The number of terminal acetylenes is 1. The summed E-state index contributed by atoms with van der Waals surface area (Å²) in [6.45, 7) is 8.01. The molecule has 0 aromatic rings. The molecular weight excluding hydrogens is 369 g/mol. The van der Waals surface area contributed by atoms with Crippen LogP contribution in [0, 0.1) is 12.3 Å². The first kappa shape index (κ1) is 21.8. The van der Waals surface area contributed by atoms with Crippen LogP contribution < -0.4 is 12.4 Å². The van der Waals surface area contributed by atoms with Gasteiger partial charge in [-0.3, -0.25) is 0 Å². The summed E-state index contributed by atoms with van der Waals surface area (Å²) >= 11 is 2.52. The summed E-state index contributed by atoms with van der Waals surface area (Å²) in [5.41, 5.74) is 0. The second-order valence-electron chi connectivity index (χ2n) is 5.39. The summed E-state index contributed by atoms with van der Waals surface area (Å²) in [4.78, 5) is 0. The van der Waals surface area contributed by atoms with Gasteiger partial charge >= 0.3 is 0 Å². The van der Waals surface area contributed by atoms with Gasteiger partial charge in [0.05, 0.1) is 13.1 Å². The van der Waals surface area contributed by atoms with Crippen LogP contribution >= 0.6 is 22.6 Å². The number of hydrogen-bond donors (Lipinski definition) is 0. The van der Waals surface area contributed by atoms with Crippen LogP contribution in [0.2, 0.25) is 0 Å². The number of alkyl halides is 1. The van der Waals surface area contributed by atoms with E-state index in [1.165, 1.54) is 69.0 Å². The molecule has 0 saturated carbocycles. The van der Waals surface area contributed by atoms with Crippen LogP contribution in [0.5, 0.6) is 0 Å². The fraction of sp³-hybridized carbons (Fsp3) is 0.875. The normalized spacial score (nSPS) is 10.8. The van der Waals surface area contributed by atoms with Gasteiger partial charge in [0.2, 0.25) is 0 Å². The SMILES string of the molecule is C#CC[N+](CI)(CCCCCC)CCCCCC.[Cl-]. The van der Waals surface area contributed by atoms with E-state index in [-0.39, 0.29) is 12.4 Å². The van der Waals surface area contributed by atoms with Crippen molar-refractivity contribution in [1.82, 2.24) is 0 Å². The van der Waals surface area contributed by atoms with Crippen molar-refractivity contribution >= 4 is 22.6 Å². The highest BCUT2D eigenvalue weighted by molar-refractivity contribution is 14.1. The smallest absolute Gasteiger partial charge is 0.141 e. The van der Waals surface area contributed by atoms with E-state index in [1.54, 1.807) is 0 Å². The molecule has 3 heteroatoms. The van der Waals surface area contributed by atoms with E-state index in [9.17, 15) is 0 Å². The minimum absolute atomic E-state index is 0. The average molecular weight is 400 g/mol. The van der Waals surface area contributed by atoms with Crippen LogP contribution in [0.15, 0.2) is 0 Å². The van der Waals surface area contributed by atoms with E-state index >= 15 is 0 Å². The highest BCUT2D eigenvalue weighted by atomic mass is 127. The maximum Gasteiger partial charge on any atom is 0.141 e. The molecule has 0 spiro atoms. The summed E-state index contributed by atoms with van der Waals surface area (Å²) in [6, 6.07) is 0. The van der Waals surface area contributed by atoms with Gasteiger partial charge in [0, 0.05) is 0 Å². The van der Waals surface area contributed by atoms with Gasteiger partial charge in [-0.2, -0.15) is 0 Å². The van der Waals surface area contributed by atoms with E-state index in [2.05, 4.69) is 42.4 Å². The molecule has 0 heterocycles. The van der Waals surface area contributed by atoms with Crippen molar-refractivity contribution in [1.29, 1.82) is 0 Å². The van der Waals surface area contributed by atoms with Gasteiger partial charge in [0.15, 0.2) is 0 Å². The zero-order valence-electron chi connectivity index (χ0n) is 12.8. The van der Waals surface area contributed by atoms with Gasteiger partial charge in [-0.1, -0.05) is 39.5 Å². The van der Waals surface area contributed by atoms with Gasteiger partial charge in [0.1, 0.15) is 11.1 Å². The molecule has 114 valence electrons. The highest BCUT2D eigenvalue weighted by Gasteiger charge is 2.23. The largest absolute Gasteiger partial charge is 1.00 e. The lowest BCUT2D eigenvalue weighted by Gasteiger charge is -2.35. The summed E-state index contributed by atoms with van der Waals surface area (Å²) < 4.78 is 2.31. The summed E-state index contributed by atoms with van der Waals surface area (Å²) in [5, 5.41) is 0. The maximum atomic E-state index is 5.58. The van der Waals surface area contributed by atoms with Gasteiger partial charge in [0.25, 0.3) is 0 Å². The zero-order chi connectivity index (χ0) is 13.7. The Bertz CT molecular complexity index is 213. The Labute approximate surface area is 141 Å². The van der Waals surface area contributed by atoms with Crippen molar-refractivity contribution in [2.24, 2.45) is 0 Å². The van der Waals surface area contributed by atoms with Crippen molar-refractivity contribution in [3.8, 4) is 12.3 Å². The number of nitrogens with zero attached hydrogens (tertiary/aromatic N) is 1. The minimum Gasteiger partial charge on any atom is -1.00 e. The van der Waals surface area contributed by atoms with Crippen molar-refractivity contribution in [2.45, 2.75) is 65.2 Å². The van der Waals surface area contributed by atoms with E-state index in [1.807, 2.05) is 0 Å². The first-order chi connectivity index (χ1) is 8.74. The average Bonchev–Trinajstić information content (AvgIpc) is 2.39. The molecule has 0 bridgehead atoms. The molecule has 0 radical (unpaired) electrons. The van der Waals surface area contributed by atoms with Gasteiger partial charge < -0.3 is 16.9 Å². The quantitative estimate of drug-likeness (QED) is 0.118. The number of hydrogen-bond acceptors (Lipinski definition) is 0. The fourth-order valence-electron chi connectivity index (χ4n) is 2.37. The molecule has 0 N–H and O–H groups in total. The third-order valence-corrected chi connectivity index (χ3v) is 5.10. The lowest BCUT2D eigenvalue weighted by atomic mass is 10.1. The third-order valence-electron chi connectivity index (χ3n) is 3.65. The molecule has 1 nitrogen and oxygen atoms in total. The number of unbranched alkanes of at least 4 members (excludes halogenated alkanes) is 6. The first-order valence-electron chi connectivity index (χ1n) is 7.59. The Hall–Kier alpha value is 0.540. The highest BCUT2D eigenvalue weighted by Crippen LogP contribution is 2.16. The van der Waals surface area contributed by atoms with Gasteiger partial charge in [-0.15, -0.1) is 6.42 Å². The molecule has 0 aliphatic heterocycles. The Kier molecular flexibility index (Phi) is 17.2. The van der Waals surface area contributed by atoms with Crippen LogP contribution in [0.3, 0.4) is 0 Å². The van der Waals surface area contributed by atoms with Gasteiger partial charge in [-0.05, 0) is 54.2 Å². The standard InChI is InChI=1S/C16H31IN.ClH/c1-4-7-9-11-14-18(16-17,13-6-3)15-12-10-8-5-2;/h3H,4-5,7-16H2,1-2H3;1H/q+1;/p-1. The summed E-state index contributed by atoms with van der Waals surface area (Å²) in [5.74, 6) is 2.91. The second-order valence-corrected chi connectivity index (χ2v) is 6.07. The van der Waals surface area contributed by atoms with Crippen molar-refractivity contribution in [2.75, 3.05) is 24.2 Å². The van der Waals surface area contributed by atoms with Gasteiger partial charge in [-0.25, -0.2) is 0 Å². The Morgan fingerprint density at radius 1 is 0.895 bits per heavy atom. The molecule has 0 amide bonds. The molecule has 0 aromatic carbocycles. The summed E-state index contributed by atoms with van der Waals surface area (Å²) in [6.07, 6.45) is 16.4. The van der Waals surface area contributed by atoms with Crippen LogP contribution in [0.25, 0.3) is 0 Å². The maximum absolute atomic E-state index is 5.58. The van der Waals surface area contributed by atoms with Crippen LogP contribution in [-0.2, 0) is 0 Å². The third kappa shape index (κ3) is 10.9. The molecular formula is C16H31ClIN. The number of quaternary nitrogens is 1. The number of rotatable bonds is 12. The van der Waals surface area contributed by atoms with Crippen molar-refractivity contribution < 1.29 is 16.9 Å². The lowest BCUT2D eigenvalue weighted by molar-refractivity contribution is -0.906. The van der Waals surface area contributed by atoms with E-state index in [0.717, 1.165) is 11.0 Å². The van der Waals surface area contributed by atoms with Crippen molar-refractivity contribution in [3.63, 3.8) is 0 Å². The summed E-state index contributed by atoms with van der Waals surface area (Å²) in [7, 11) is 0. The van der Waals surface area contributed by atoms with Crippen LogP contribution in [0.4, 0.5) is 0 Å². The predicted octanol–water partition coefficient (Wildman–Crippen LogP) is 1.99. The Morgan fingerprint density at radius 2 is 1.37 bits per heavy atom. The molecule has 0 unspecified atom stereocenters. The molecule has 0 fully saturated rings. The molecule has 19 heavy (non-hydrogen) atoms. The molecule has 0 aliphatic carbocycles. The molecule has 0 saturated heterocycles. The molecule has 0 atom stereocenters. The van der Waals surface area contributed by atoms with Crippen LogP contribution in [0.1, 0.15) is 65.2 Å². The first-order valence-corrected chi connectivity index (χ1v) is 9.11. The Morgan fingerprint density at radius 3 is 1.68 bits per heavy atom. The van der Waals surface area contributed by atoms with E-state index in [0.29, 0.717) is 0 Å². The van der Waals surface area contributed by atoms with E-state index in [4.69, 9.17) is 6.42 Å². The lowest BCUT2D eigenvalue weighted by Crippen LogP contribution is -3.00. The topological polar surface area (TPSA) is 0 Å². The Balaban J connectivity index is 0. The molecule has 0 rings (SSSR count). The monoisotopic (exact) mass is 399 g/mol. The molecule has 0 aliphatic rings. The van der Waals surface area contributed by atoms with Crippen molar-refractivity contribution in [3.05, 3.63) is 0 Å².